The number of H-pyrrole nitrogens is 1. The lowest BCUT2D eigenvalue weighted by Gasteiger charge is -2.10. The summed E-state index contributed by atoms with van der Waals surface area (Å²) in [7, 11) is -3.13. The van der Waals surface area contributed by atoms with E-state index < -0.39 is 39.6 Å². The molecule has 3 N–H and O–H groups in total. The second-order valence-corrected chi connectivity index (χ2v) is 5.43. The average Bonchev–Trinajstić information content (AvgIpc) is 2.94. The summed E-state index contributed by atoms with van der Waals surface area (Å²) in [6, 6.07) is 0. The van der Waals surface area contributed by atoms with E-state index in [-0.39, 0.29) is 12.2 Å². The van der Waals surface area contributed by atoms with Crippen molar-refractivity contribution < 1.29 is 32.6 Å². The van der Waals surface area contributed by atoms with E-state index in [1.165, 1.54) is 0 Å². The van der Waals surface area contributed by atoms with Crippen LogP contribution >= 0.6 is 0 Å². The number of aromatic amines is 1. The summed E-state index contributed by atoms with van der Waals surface area (Å²) in [6.45, 7) is 1.02. The van der Waals surface area contributed by atoms with Gasteiger partial charge in [-0.15, -0.1) is 0 Å². The molecule has 10 nitrogen and oxygen atoms in total. The summed E-state index contributed by atoms with van der Waals surface area (Å²) in [5.41, 5.74) is -0.281. The van der Waals surface area contributed by atoms with Crippen LogP contribution < -0.4 is 4.72 Å². The van der Waals surface area contributed by atoms with Gasteiger partial charge in [0.25, 0.3) is 10.0 Å². The van der Waals surface area contributed by atoms with Gasteiger partial charge in [0, 0.05) is 6.54 Å². The van der Waals surface area contributed by atoms with Crippen molar-refractivity contribution in [3.63, 3.8) is 0 Å². The van der Waals surface area contributed by atoms with Gasteiger partial charge in [-0.1, -0.05) is 0 Å². The molecular weight excluding hydrogens is 306 g/mol. The smallest absolute Gasteiger partial charge is 0.342 e. The molecular formula is C10H15N3O7S. The molecule has 21 heavy (non-hydrogen) atoms. The first-order chi connectivity index (χ1) is 9.83. The lowest BCUT2D eigenvalue weighted by molar-refractivity contribution is -0.149. The highest BCUT2D eigenvalue weighted by atomic mass is 32.2. The fourth-order valence-corrected chi connectivity index (χ4v) is 2.43. The maximum Gasteiger partial charge on any atom is 0.342 e. The molecule has 11 heteroatoms. The van der Waals surface area contributed by atoms with Crippen molar-refractivity contribution in [2.45, 2.75) is 18.1 Å². The third-order valence-corrected chi connectivity index (χ3v) is 3.70. The summed E-state index contributed by atoms with van der Waals surface area (Å²) in [5, 5.41) is 14.4. The number of nitrogens with zero attached hydrogens (tertiary/aromatic N) is 1. The Kier molecular flexibility index (Phi) is 5.81. The van der Waals surface area contributed by atoms with Crippen LogP contribution in [0.2, 0.25) is 0 Å². The molecule has 0 aliphatic carbocycles. The van der Waals surface area contributed by atoms with E-state index in [4.69, 9.17) is 0 Å². The van der Waals surface area contributed by atoms with Gasteiger partial charge in [-0.3, -0.25) is 5.10 Å². The number of rotatable bonds is 7. The van der Waals surface area contributed by atoms with Crippen LogP contribution in [-0.4, -0.2) is 62.0 Å². The first-order valence-electron chi connectivity index (χ1n) is 5.79. The van der Waals surface area contributed by atoms with Crippen LogP contribution in [0, 0.1) is 0 Å². The number of esters is 2. The van der Waals surface area contributed by atoms with Crippen molar-refractivity contribution in [2.24, 2.45) is 0 Å². The number of aromatic nitrogens is 2. The van der Waals surface area contributed by atoms with Gasteiger partial charge < -0.3 is 14.6 Å². The molecule has 1 aromatic rings. The second kappa shape index (κ2) is 7.15. The molecule has 1 unspecified atom stereocenters. The number of methoxy groups -OCH3 is 1. The Labute approximate surface area is 120 Å². The second-order valence-electron chi connectivity index (χ2n) is 3.72. The van der Waals surface area contributed by atoms with E-state index >= 15 is 0 Å². The third-order valence-electron chi connectivity index (χ3n) is 2.31. The van der Waals surface area contributed by atoms with E-state index in [0.29, 0.717) is 0 Å². The fraction of sp³-hybridized carbons (Fsp3) is 0.500. The van der Waals surface area contributed by atoms with Gasteiger partial charge in [-0.2, -0.15) is 5.10 Å². The van der Waals surface area contributed by atoms with Crippen molar-refractivity contribution in [2.75, 3.05) is 20.3 Å². The molecule has 0 saturated carbocycles. The quantitative estimate of drug-likeness (QED) is 0.508. The van der Waals surface area contributed by atoms with Gasteiger partial charge in [0.1, 0.15) is 5.56 Å². The molecule has 118 valence electrons. The molecule has 0 aliphatic heterocycles. The van der Waals surface area contributed by atoms with Crippen LogP contribution in [0.25, 0.3) is 0 Å². The number of carbonyl (C=O) groups excluding carboxylic acids is 2. The van der Waals surface area contributed by atoms with Crippen LogP contribution in [-0.2, 0) is 24.3 Å². The minimum Gasteiger partial charge on any atom is -0.467 e. The molecule has 1 atom stereocenters. The van der Waals surface area contributed by atoms with Crippen LogP contribution in [0.5, 0.6) is 0 Å². The largest absolute Gasteiger partial charge is 0.467 e. The summed E-state index contributed by atoms with van der Waals surface area (Å²) in [4.78, 5) is 22.5. The van der Waals surface area contributed by atoms with Gasteiger partial charge in [-0.05, 0) is 6.92 Å². The maximum atomic E-state index is 12.0. The average molecular weight is 321 g/mol. The Morgan fingerprint density at radius 1 is 1.52 bits per heavy atom. The predicted molar refractivity (Wildman–Crippen MR) is 67.8 cm³/mol. The Balaban J connectivity index is 2.87. The van der Waals surface area contributed by atoms with Gasteiger partial charge in [-0.25, -0.2) is 22.7 Å². The van der Waals surface area contributed by atoms with Crippen molar-refractivity contribution in [3.8, 4) is 0 Å². The van der Waals surface area contributed by atoms with E-state index in [1.807, 2.05) is 4.72 Å². The molecule has 0 spiro atoms. The summed E-state index contributed by atoms with van der Waals surface area (Å²) >= 11 is 0. The third kappa shape index (κ3) is 4.24. The van der Waals surface area contributed by atoms with E-state index in [9.17, 15) is 23.1 Å². The number of sulfonamides is 1. The Morgan fingerprint density at radius 3 is 2.76 bits per heavy atom. The number of aliphatic hydroxyl groups excluding tert-OH is 1. The number of carbonyl (C=O) groups is 2. The summed E-state index contributed by atoms with van der Waals surface area (Å²) < 4.78 is 34.9. The molecule has 0 aliphatic rings. The highest BCUT2D eigenvalue weighted by molar-refractivity contribution is 7.89. The number of aliphatic hydroxyl groups is 1. The van der Waals surface area contributed by atoms with E-state index in [2.05, 4.69) is 19.7 Å². The van der Waals surface area contributed by atoms with Crippen molar-refractivity contribution in [1.29, 1.82) is 0 Å². The van der Waals surface area contributed by atoms with Gasteiger partial charge in [0.05, 0.1) is 19.9 Å². The number of ether oxygens (including phenoxy) is 2. The van der Waals surface area contributed by atoms with Gasteiger partial charge in [0.15, 0.2) is 11.1 Å². The molecule has 0 saturated heterocycles. The standard InChI is InChI=1S/C10H15N3O7S/c1-3-20-9(15)6-4-11-13-8(6)21(17,18)12-5-7(14)10(16)19-2/h4,7,12,14H,3,5H2,1-2H3,(H,11,13). The minimum absolute atomic E-state index is 0.0674. The number of hydrogen-bond donors (Lipinski definition) is 3. The molecule has 1 rings (SSSR count). The topological polar surface area (TPSA) is 148 Å². The monoisotopic (exact) mass is 321 g/mol. The van der Waals surface area contributed by atoms with E-state index in [1.54, 1.807) is 6.92 Å². The van der Waals surface area contributed by atoms with Crippen molar-refractivity contribution >= 4 is 22.0 Å². The number of hydrogen-bond acceptors (Lipinski definition) is 8. The molecule has 0 aromatic carbocycles. The zero-order valence-corrected chi connectivity index (χ0v) is 12.1. The fourth-order valence-electron chi connectivity index (χ4n) is 1.31. The lowest BCUT2D eigenvalue weighted by Crippen LogP contribution is -2.37. The molecule has 0 amide bonds. The van der Waals surface area contributed by atoms with Crippen LogP contribution in [0.1, 0.15) is 17.3 Å². The predicted octanol–water partition coefficient (Wildman–Crippen LogP) is -1.60. The van der Waals surface area contributed by atoms with Crippen molar-refractivity contribution in [3.05, 3.63) is 11.8 Å². The normalized spacial score (nSPS) is 12.7. The van der Waals surface area contributed by atoms with Crippen LogP contribution in [0.15, 0.2) is 11.2 Å². The first kappa shape index (κ1) is 17.1. The maximum absolute atomic E-state index is 12.0. The zero-order chi connectivity index (χ0) is 16.0. The zero-order valence-electron chi connectivity index (χ0n) is 11.3. The summed E-state index contributed by atoms with van der Waals surface area (Å²) in [5.74, 6) is -1.85. The minimum atomic E-state index is -4.18. The van der Waals surface area contributed by atoms with E-state index in [0.717, 1.165) is 13.3 Å². The molecule has 0 bridgehead atoms. The number of nitrogens with one attached hydrogen (secondary N) is 2. The molecule has 1 aromatic heterocycles. The highest BCUT2D eigenvalue weighted by Gasteiger charge is 2.27. The molecule has 0 fully saturated rings. The molecule has 1 heterocycles. The first-order valence-corrected chi connectivity index (χ1v) is 7.27. The Hall–Kier alpha value is -1.98. The lowest BCUT2D eigenvalue weighted by atomic mass is 10.4. The van der Waals surface area contributed by atoms with Crippen molar-refractivity contribution in [1.82, 2.24) is 14.9 Å². The van der Waals surface area contributed by atoms with Crippen LogP contribution in [0.3, 0.4) is 0 Å². The van der Waals surface area contributed by atoms with Crippen LogP contribution in [0.4, 0.5) is 0 Å². The van der Waals surface area contributed by atoms with Gasteiger partial charge in [0.2, 0.25) is 0 Å². The Bertz CT molecular complexity index is 610. The SMILES string of the molecule is CCOC(=O)c1cn[nH]c1S(=O)(=O)NCC(O)C(=O)OC. The summed E-state index contributed by atoms with van der Waals surface area (Å²) in [6.07, 6.45) is -0.665. The highest BCUT2D eigenvalue weighted by Crippen LogP contribution is 2.13. The Morgan fingerprint density at radius 2 is 2.19 bits per heavy atom. The van der Waals surface area contributed by atoms with Gasteiger partial charge >= 0.3 is 11.9 Å². The molecule has 0 radical (unpaired) electrons.